The second-order valence-electron chi connectivity index (χ2n) is 8.30. The number of carbonyl (C=O) groups excluding carboxylic acids is 2. The smallest absolute Gasteiger partial charge is 0.258 e. The van der Waals surface area contributed by atoms with Crippen LogP contribution in [0, 0.1) is 11.6 Å². The first-order chi connectivity index (χ1) is 17.5. The summed E-state index contributed by atoms with van der Waals surface area (Å²) in [7, 11) is 0. The third-order valence-corrected chi connectivity index (χ3v) is 5.59. The Labute approximate surface area is 208 Å². The van der Waals surface area contributed by atoms with E-state index in [0.29, 0.717) is 24.2 Å². The standard InChI is InChI=1S/C29H25F2N3O2/c30-24-7-3-5-22(17-24)20-34(29(36)23-6-4-8-25(31)19-23)27-12-10-21(11-13-27)18-28(35)33-16-14-26-9-1-2-15-32-26/h1-13,15,17,19H,14,16,18,20H2,(H,33,35). The lowest BCUT2D eigenvalue weighted by molar-refractivity contribution is -0.120. The highest BCUT2D eigenvalue weighted by Crippen LogP contribution is 2.22. The number of benzene rings is 3. The molecule has 0 unspecified atom stereocenters. The minimum atomic E-state index is -0.518. The summed E-state index contributed by atoms with van der Waals surface area (Å²) >= 11 is 0. The fourth-order valence-electron chi connectivity index (χ4n) is 3.79. The molecule has 0 saturated heterocycles. The number of amides is 2. The molecule has 0 aliphatic carbocycles. The second kappa shape index (κ2) is 11.8. The molecule has 0 spiro atoms. The fraction of sp³-hybridized carbons (Fsp3) is 0.138. The first-order valence-electron chi connectivity index (χ1n) is 11.6. The molecule has 1 N–H and O–H groups in total. The van der Waals surface area contributed by atoms with Crippen molar-refractivity contribution in [2.75, 3.05) is 11.4 Å². The third-order valence-electron chi connectivity index (χ3n) is 5.59. The van der Waals surface area contributed by atoms with Crippen molar-refractivity contribution in [2.24, 2.45) is 0 Å². The molecule has 1 heterocycles. The van der Waals surface area contributed by atoms with Gasteiger partial charge in [-0.2, -0.15) is 0 Å². The zero-order valence-electron chi connectivity index (χ0n) is 19.5. The Balaban J connectivity index is 1.45. The van der Waals surface area contributed by atoms with Gasteiger partial charge in [-0.05, 0) is 65.7 Å². The van der Waals surface area contributed by atoms with Crippen molar-refractivity contribution in [2.45, 2.75) is 19.4 Å². The number of nitrogens with zero attached hydrogens (tertiary/aromatic N) is 2. The summed E-state index contributed by atoms with van der Waals surface area (Å²) < 4.78 is 27.5. The van der Waals surface area contributed by atoms with Crippen molar-refractivity contribution >= 4 is 17.5 Å². The van der Waals surface area contributed by atoms with Crippen LogP contribution < -0.4 is 10.2 Å². The molecule has 0 bridgehead atoms. The zero-order chi connectivity index (χ0) is 25.3. The van der Waals surface area contributed by atoms with Crippen LogP contribution >= 0.6 is 0 Å². The van der Waals surface area contributed by atoms with Crippen LogP contribution in [0.25, 0.3) is 0 Å². The lowest BCUT2D eigenvalue weighted by Gasteiger charge is -2.23. The molecule has 0 aliphatic heterocycles. The van der Waals surface area contributed by atoms with E-state index in [4.69, 9.17) is 0 Å². The van der Waals surface area contributed by atoms with Crippen LogP contribution in [0.4, 0.5) is 14.5 Å². The van der Waals surface area contributed by atoms with Crippen LogP contribution in [0.1, 0.15) is 27.2 Å². The second-order valence-corrected chi connectivity index (χ2v) is 8.30. The number of rotatable bonds is 9. The first-order valence-corrected chi connectivity index (χ1v) is 11.6. The van der Waals surface area contributed by atoms with Gasteiger partial charge in [0.15, 0.2) is 0 Å². The predicted octanol–water partition coefficient (Wildman–Crippen LogP) is 5.11. The van der Waals surface area contributed by atoms with Gasteiger partial charge in [0, 0.05) is 36.1 Å². The maximum Gasteiger partial charge on any atom is 0.258 e. The number of hydrogen-bond donors (Lipinski definition) is 1. The van der Waals surface area contributed by atoms with Crippen molar-refractivity contribution in [1.82, 2.24) is 10.3 Å². The number of pyridine rings is 1. The molecule has 0 radical (unpaired) electrons. The van der Waals surface area contributed by atoms with E-state index in [0.717, 1.165) is 11.3 Å². The highest BCUT2D eigenvalue weighted by Gasteiger charge is 2.19. The predicted molar refractivity (Wildman–Crippen MR) is 134 cm³/mol. The largest absolute Gasteiger partial charge is 0.355 e. The van der Waals surface area contributed by atoms with Gasteiger partial charge in [-0.1, -0.05) is 36.4 Å². The van der Waals surface area contributed by atoms with Gasteiger partial charge in [-0.25, -0.2) is 8.78 Å². The van der Waals surface area contributed by atoms with Gasteiger partial charge in [0.05, 0.1) is 13.0 Å². The highest BCUT2D eigenvalue weighted by molar-refractivity contribution is 6.06. The lowest BCUT2D eigenvalue weighted by Crippen LogP contribution is -2.30. The SMILES string of the molecule is O=C(Cc1ccc(N(Cc2cccc(F)c2)C(=O)c2cccc(F)c2)cc1)NCCc1ccccn1. The summed E-state index contributed by atoms with van der Waals surface area (Å²) in [6.07, 6.45) is 2.54. The van der Waals surface area contributed by atoms with Gasteiger partial charge >= 0.3 is 0 Å². The van der Waals surface area contributed by atoms with Gasteiger partial charge < -0.3 is 10.2 Å². The normalized spacial score (nSPS) is 10.6. The van der Waals surface area contributed by atoms with Crippen molar-refractivity contribution < 1.29 is 18.4 Å². The van der Waals surface area contributed by atoms with E-state index in [2.05, 4.69) is 10.3 Å². The topological polar surface area (TPSA) is 62.3 Å². The Hall–Kier alpha value is -4.39. The summed E-state index contributed by atoms with van der Waals surface area (Å²) in [6.45, 7) is 0.581. The average molecular weight is 486 g/mol. The zero-order valence-corrected chi connectivity index (χ0v) is 19.5. The van der Waals surface area contributed by atoms with E-state index < -0.39 is 17.5 Å². The molecule has 36 heavy (non-hydrogen) atoms. The minimum Gasteiger partial charge on any atom is -0.355 e. The summed E-state index contributed by atoms with van der Waals surface area (Å²) in [5.41, 5.74) is 3.01. The molecule has 2 amide bonds. The molecule has 182 valence electrons. The Morgan fingerprint density at radius 2 is 1.56 bits per heavy atom. The molecular formula is C29H25F2N3O2. The maximum atomic E-state index is 13.8. The molecule has 0 fully saturated rings. The van der Waals surface area contributed by atoms with Crippen LogP contribution in [0.15, 0.2) is 97.2 Å². The molecule has 4 aromatic rings. The molecule has 0 aliphatic rings. The Kier molecular flexibility index (Phi) is 8.13. The number of carbonyl (C=O) groups is 2. The van der Waals surface area contributed by atoms with Crippen LogP contribution in [-0.4, -0.2) is 23.3 Å². The number of anilines is 1. The molecule has 0 atom stereocenters. The summed E-state index contributed by atoms with van der Waals surface area (Å²) in [6, 6.07) is 24.1. The highest BCUT2D eigenvalue weighted by atomic mass is 19.1. The van der Waals surface area contributed by atoms with Gasteiger partial charge in [0.2, 0.25) is 5.91 Å². The van der Waals surface area contributed by atoms with E-state index in [1.165, 1.54) is 41.3 Å². The molecule has 3 aromatic carbocycles. The quantitative estimate of drug-likeness (QED) is 0.359. The minimum absolute atomic E-state index is 0.0977. The van der Waals surface area contributed by atoms with Crippen LogP contribution in [0.3, 0.4) is 0 Å². The molecular weight excluding hydrogens is 460 g/mol. The van der Waals surface area contributed by atoms with Crippen molar-refractivity contribution in [3.8, 4) is 0 Å². The maximum absolute atomic E-state index is 13.8. The van der Waals surface area contributed by atoms with Gasteiger partial charge in [-0.15, -0.1) is 0 Å². The summed E-state index contributed by atoms with van der Waals surface area (Å²) in [5.74, 6) is -1.46. The van der Waals surface area contributed by atoms with Crippen molar-refractivity contribution in [3.05, 3.63) is 131 Å². The fourth-order valence-corrected chi connectivity index (χ4v) is 3.79. The summed E-state index contributed by atoms with van der Waals surface area (Å²) in [4.78, 5) is 31.3. The van der Waals surface area contributed by atoms with Crippen molar-refractivity contribution in [1.29, 1.82) is 0 Å². The Bertz CT molecular complexity index is 1330. The molecule has 0 saturated carbocycles. The van der Waals surface area contributed by atoms with E-state index in [1.54, 1.807) is 42.6 Å². The van der Waals surface area contributed by atoms with Crippen LogP contribution in [0.2, 0.25) is 0 Å². The first kappa shape index (κ1) is 24.7. The van der Waals surface area contributed by atoms with E-state index in [-0.39, 0.29) is 24.4 Å². The van der Waals surface area contributed by atoms with E-state index in [9.17, 15) is 18.4 Å². The van der Waals surface area contributed by atoms with Crippen LogP contribution in [-0.2, 0) is 24.2 Å². The van der Waals surface area contributed by atoms with E-state index >= 15 is 0 Å². The average Bonchev–Trinajstić information content (AvgIpc) is 2.88. The van der Waals surface area contributed by atoms with Gasteiger partial charge in [-0.3, -0.25) is 14.6 Å². The van der Waals surface area contributed by atoms with Crippen molar-refractivity contribution in [3.63, 3.8) is 0 Å². The molecule has 1 aromatic heterocycles. The lowest BCUT2D eigenvalue weighted by atomic mass is 10.1. The number of nitrogens with one attached hydrogen (secondary N) is 1. The van der Waals surface area contributed by atoms with E-state index in [1.807, 2.05) is 18.2 Å². The van der Waals surface area contributed by atoms with Crippen LogP contribution in [0.5, 0.6) is 0 Å². The summed E-state index contributed by atoms with van der Waals surface area (Å²) in [5, 5.41) is 2.89. The molecule has 4 rings (SSSR count). The van der Waals surface area contributed by atoms with Gasteiger partial charge in [0.1, 0.15) is 11.6 Å². The Morgan fingerprint density at radius 1 is 0.806 bits per heavy atom. The molecule has 5 nitrogen and oxygen atoms in total. The molecule has 7 heteroatoms. The third kappa shape index (κ3) is 6.82. The van der Waals surface area contributed by atoms with Gasteiger partial charge in [0.25, 0.3) is 5.91 Å². The Morgan fingerprint density at radius 3 is 2.25 bits per heavy atom. The monoisotopic (exact) mass is 485 g/mol. The number of halogens is 2. The number of hydrogen-bond acceptors (Lipinski definition) is 3. The number of aromatic nitrogens is 1.